The summed E-state index contributed by atoms with van der Waals surface area (Å²) in [5, 5.41) is 9.03. The lowest BCUT2D eigenvalue weighted by molar-refractivity contribution is -0.167. The molecule has 0 aromatic heterocycles. The number of carboxylic acids is 1. The topological polar surface area (TPSA) is 89.9 Å². The van der Waals surface area contributed by atoms with E-state index in [2.05, 4.69) is 4.74 Å². The summed E-state index contributed by atoms with van der Waals surface area (Å²) in [4.78, 5) is 34.0. The van der Waals surface area contributed by atoms with Gasteiger partial charge in [0.1, 0.15) is 5.60 Å². The van der Waals surface area contributed by atoms with Gasteiger partial charge in [0.25, 0.3) is 0 Å². The lowest BCUT2D eigenvalue weighted by atomic mass is 9.85. The molecule has 0 aliphatic heterocycles. The first kappa shape index (κ1) is 16.4. The van der Waals surface area contributed by atoms with Crippen LogP contribution in [0.3, 0.4) is 0 Å². The van der Waals surface area contributed by atoms with Gasteiger partial charge in [-0.15, -0.1) is 0 Å². The van der Waals surface area contributed by atoms with E-state index >= 15 is 0 Å². The largest absolute Gasteiger partial charge is 0.480 e. The molecule has 1 atom stereocenters. The number of hydrogen-bond donors (Lipinski definition) is 1. The molecule has 0 aliphatic rings. The van der Waals surface area contributed by atoms with Crippen LogP contribution >= 0.6 is 0 Å². The molecule has 0 aromatic carbocycles. The molecule has 0 heterocycles. The van der Waals surface area contributed by atoms with Crippen molar-refractivity contribution in [1.29, 1.82) is 0 Å². The van der Waals surface area contributed by atoms with Crippen LogP contribution < -0.4 is 0 Å². The van der Waals surface area contributed by atoms with Gasteiger partial charge in [0.15, 0.2) is 5.41 Å². The molecule has 0 radical (unpaired) electrons. The third-order valence-corrected chi connectivity index (χ3v) is 2.36. The molecule has 18 heavy (non-hydrogen) atoms. The second-order valence-corrected chi connectivity index (χ2v) is 5.22. The third kappa shape index (κ3) is 4.73. The highest BCUT2D eigenvalue weighted by atomic mass is 16.6. The molecule has 0 amide bonds. The van der Waals surface area contributed by atoms with Crippen molar-refractivity contribution >= 4 is 17.9 Å². The van der Waals surface area contributed by atoms with Crippen molar-refractivity contribution in [3.8, 4) is 0 Å². The number of esters is 2. The summed E-state index contributed by atoms with van der Waals surface area (Å²) in [5.74, 6) is -2.74. The average Bonchev–Trinajstić information content (AvgIpc) is 2.22. The SMILES string of the molecule is COC(=O)C(C)(CCC(=O)OC(C)(C)C)C(=O)O. The second-order valence-electron chi connectivity index (χ2n) is 5.22. The van der Waals surface area contributed by atoms with Crippen molar-refractivity contribution in [3.63, 3.8) is 0 Å². The Balaban J connectivity index is 4.61. The molecule has 0 fully saturated rings. The normalized spacial score (nSPS) is 14.5. The van der Waals surface area contributed by atoms with Gasteiger partial charge in [-0.05, 0) is 34.1 Å². The van der Waals surface area contributed by atoms with Crippen LogP contribution in [0.1, 0.15) is 40.5 Å². The fourth-order valence-electron chi connectivity index (χ4n) is 1.27. The minimum Gasteiger partial charge on any atom is -0.480 e. The van der Waals surface area contributed by atoms with Crippen molar-refractivity contribution in [3.05, 3.63) is 0 Å². The Bertz CT molecular complexity index is 341. The summed E-state index contributed by atoms with van der Waals surface area (Å²) in [7, 11) is 1.11. The van der Waals surface area contributed by atoms with Crippen molar-refractivity contribution in [1.82, 2.24) is 0 Å². The smallest absolute Gasteiger partial charge is 0.322 e. The lowest BCUT2D eigenvalue weighted by Crippen LogP contribution is -2.38. The minimum absolute atomic E-state index is 0.158. The Hall–Kier alpha value is -1.59. The van der Waals surface area contributed by atoms with E-state index in [0.29, 0.717) is 0 Å². The monoisotopic (exact) mass is 260 g/mol. The van der Waals surface area contributed by atoms with E-state index in [1.807, 2.05) is 0 Å². The molecule has 0 saturated carbocycles. The summed E-state index contributed by atoms with van der Waals surface area (Å²) < 4.78 is 9.48. The van der Waals surface area contributed by atoms with E-state index in [1.165, 1.54) is 6.92 Å². The van der Waals surface area contributed by atoms with Gasteiger partial charge in [0.05, 0.1) is 7.11 Å². The van der Waals surface area contributed by atoms with E-state index in [4.69, 9.17) is 9.84 Å². The van der Waals surface area contributed by atoms with Crippen LogP contribution in [0.25, 0.3) is 0 Å². The number of aliphatic carboxylic acids is 1. The molecule has 0 spiro atoms. The molecule has 0 rings (SSSR count). The van der Waals surface area contributed by atoms with Crippen LogP contribution in [-0.2, 0) is 23.9 Å². The maximum Gasteiger partial charge on any atom is 0.322 e. The van der Waals surface area contributed by atoms with Crippen LogP contribution in [0.2, 0.25) is 0 Å². The van der Waals surface area contributed by atoms with Gasteiger partial charge in [-0.3, -0.25) is 14.4 Å². The molecule has 0 bridgehead atoms. The first-order valence-corrected chi connectivity index (χ1v) is 5.56. The van der Waals surface area contributed by atoms with Gasteiger partial charge >= 0.3 is 17.9 Å². The zero-order valence-corrected chi connectivity index (χ0v) is 11.4. The molecule has 0 aliphatic carbocycles. The fourth-order valence-corrected chi connectivity index (χ4v) is 1.27. The molecule has 6 heteroatoms. The van der Waals surface area contributed by atoms with Crippen LogP contribution in [0.5, 0.6) is 0 Å². The summed E-state index contributed by atoms with van der Waals surface area (Å²) in [6.07, 6.45) is -0.320. The summed E-state index contributed by atoms with van der Waals surface area (Å²) >= 11 is 0. The highest BCUT2D eigenvalue weighted by Gasteiger charge is 2.43. The predicted molar refractivity (Wildman–Crippen MR) is 62.8 cm³/mol. The highest BCUT2D eigenvalue weighted by molar-refractivity contribution is 5.98. The zero-order valence-electron chi connectivity index (χ0n) is 11.4. The molecular weight excluding hydrogens is 240 g/mol. The number of carbonyl (C=O) groups excluding carboxylic acids is 2. The molecule has 0 saturated heterocycles. The van der Waals surface area contributed by atoms with Crippen LogP contribution in [0.4, 0.5) is 0 Å². The van der Waals surface area contributed by atoms with Crippen molar-refractivity contribution in [2.24, 2.45) is 5.41 Å². The van der Waals surface area contributed by atoms with E-state index in [-0.39, 0.29) is 12.8 Å². The Kier molecular flexibility index (Phi) is 5.32. The number of carbonyl (C=O) groups is 3. The molecule has 1 N–H and O–H groups in total. The lowest BCUT2D eigenvalue weighted by Gasteiger charge is -2.23. The molecule has 0 aromatic rings. The predicted octanol–water partition coefficient (Wildman–Crippen LogP) is 1.37. The minimum atomic E-state index is -1.73. The maximum atomic E-state index is 11.5. The Morgan fingerprint density at radius 1 is 1.11 bits per heavy atom. The van der Waals surface area contributed by atoms with Gasteiger partial charge in [-0.25, -0.2) is 0 Å². The van der Waals surface area contributed by atoms with Crippen LogP contribution in [0, 0.1) is 5.41 Å². The van der Waals surface area contributed by atoms with Gasteiger partial charge < -0.3 is 14.6 Å². The molecular formula is C12H20O6. The Morgan fingerprint density at radius 2 is 1.61 bits per heavy atom. The third-order valence-electron chi connectivity index (χ3n) is 2.36. The molecule has 6 nitrogen and oxygen atoms in total. The first-order valence-electron chi connectivity index (χ1n) is 5.56. The van der Waals surface area contributed by atoms with E-state index in [9.17, 15) is 14.4 Å². The van der Waals surface area contributed by atoms with Crippen LogP contribution in [0.15, 0.2) is 0 Å². The Labute approximate surface area is 106 Å². The van der Waals surface area contributed by atoms with E-state index in [0.717, 1.165) is 7.11 Å². The van der Waals surface area contributed by atoms with E-state index in [1.54, 1.807) is 20.8 Å². The van der Waals surface area contributed by atoms with Gasteiger partial charge in [-0.2, -0.15) is 0 Å². The van der Waals surface area contributed by atoms with Crippen molar-refractivity contribution < 1.29 is 29.0 Å². The average molecular weight is 260 g/mol. The number of carboxylic acid groups (broad SMARTS) is 1. The standard InChI is InChI=1S/C12H20O6/c1-11(2,3)18-8(13)6-7-12(4,9(14)15)10(16)17-5/h6-7H2,1-5H3,(H,14,15). The van der Waals surface area contributed by atoms with Crippen LogP contribution in [-0.4, -0.2) is 35.7 Å². The number of rotatable bonds is 5. The maximum absolute atomic E-state index is 11.5. The van der Waals surface area contributed by atoms with Gasteiger partial charge in [0, 0.05) is 6.42 Å². The highest BCUT2D eigenvalue weighted by Crippen LogP contribution is 2.26. The van der Waals surface area contributed by atoms with Crippen molar-refractivity contribution in [2.45, 2.75) is 46.1 Å². The number of hydrogen-bond acceptors (Lipinski definition) is 5. The Morgan fingerprint density at radius 3 is 1.94 bits per heavy atom. The second kappa shape index (κ2) is 5.84. The summed E-state index contributed by atoms with van der Waals surface area (Å²) in [6, 6.07) is 0. The summed E-state index contributed by atoms with van der Waals surface area (Å²) in [5.41, 5.74) is -2.37. The fraction of sp³-hybridized carbons (Fsp3) is 0.750. The van der Waals surface area contributed by atoms with Crippen molar-refractivity contribution in [2.75, 3.05) is 7.11 Å². The molecule has 104 valence electrons. The van der Waals surface area contributed by atoms with E-state index < -0.39 is 28.9 Å². The van der Waals surface area contributed by atoms with Gasteiger partial charge in [0.2, 0.25) is 0 Å². The number of methoxy groups -OCH3 is 1. The number of ether oxygens (including phenoxy) is 2. The quantitative estimate of drug-likeness (QED) is 0.593. The summed E-state index contributed by atoms with van der Waals surface area (Å²) in [6.45, 7) is 6.36. The van der Waals surface area contributed by atoms with Gasteiger partial charge in [-0.1, -0.05) is 0 Å². The zero-order chi connectivity index (χ0) is 14.6. The molecule has 1 unspecified atom stereocenters. The first-order chi connectivity index (χ1) is 8.03.